The number of ether oxygens (including phenoxy) is 1. The summed E-state index contributed by atoms with van der Waals surface area (Å²) in [7, 11) is 0. The fraction of sp³-hybridized carbons (Fsp3) is 0.500. The lowest BCUT2D eigenvalue weighted by Gasteiger charge is -2.14. The summed E-state index contributed by atoms with van der Waals surface area (Å²) in [5.41, 5.74) is 0.829. The standard InChI is InChI=1S/C12H17Cl2NO2/c1-8(2)17-12-4-3-9(5-11(12)14)15-7-10(16)6-13/h3-5,8,10,15-16H,6-7H2,1-2H3. The molecule has 0 spiro atoms. The van der Waals surface area contributed by atoms with Crippen LogP contribution in [0.5, 0.6) is 5.75 Å². The van der Waals surface area contributed by atoms with Crippen LogP contribution in [0.15, 0.2) is 18.2 Å². The van der Waals surface area contributed by atoms with E-state index >= 15 is 0 Å². The van der Waals surface area contributed by atoms with Crippen molar-refractivity contribution in [2.45, 2.75) is 26.1 Å². The summed E-state index contributed by atoms with van der Waals surface area (Å²) in [5.74, 6) is 0.861. The molecule has 5 heteroatoms. The first-order valence-corrected chi connectivity index (χ1v) is 6.38. The minimum atomic E-state index is -0.568. The number of anilines is 1. The summed E-state index contributed by atoms with van der Waals surface area (Å²) in [4.78, 5) is 0. The van der Waals surface area contributed by atoms with Crippen LogP contribution in [0.1, 0.15) is 13.8 Å². The fourth-order valence-electron chi connectivity index (χ4n) is 1.25. The van der Waals surface area contributed by atoms with Crippen LogP contribution >= 0.6 is 23.2 Å². The van der Waals surface area contributed by atoms with Gasteiger partial charge in [-0.25, -0.2) is 0 Å². The van der Waals surface area contributed by atoms with E-state index in [0.29, 0.717) is 17.3 Å². The summed E-state index contributed by atoms with van der Waals surface area (Å²) in [6.45, 7) is 4.28. The van der Waals surface area contributed by atoms with Crippen molar-refractivity contribution in [2.75, 3.05) is 17.7 Å². The molecule has 1 aromatic rings. The minimum Gasteiger partial charge on any atom is -0.489 e. The van der Waals surface area contributed by atoms with Gasteiger partial charge >= 0.3 is 0 Å². The Balaban J connectivity index is 2.62. The second-order valence-electron chi connectivity index (χ2n) is 4.00. The fourth-order valence-corrected chi connectivity index (χ4v) is 1.58. The van der Waals surface area contributed by atoms with Crippen molar-refractivity contribution in [1.29, 1.82) is 0 Å². The number of benzene rings is 1. The first-order chi connectivity index (χ1) is 8.02. The van der Waals surface area contributed by atoms with Crippen LogP contribution in [0.3, 0.4) is 0 Å². The van der Waals surface area contributed by atoms with Gasteiger partial charge in [0.05, 0.1) is 23.1 Å². The molecule has 0 heterocycles. The predicted molar refractivity (Wildman–Crippen MR) is 72.4 cm³/mol. The minimum absolute atomic E-state index is 0.0874. The average Bonchev–Trinajstić information content (AvgIpc) is 2.28. The summed E-state index contributed by atoms with van der Waals surface area (Å²) in [5, 5.41) is 12.9. The lowest BCUT2D eigenvalue weighted by molar-refractivity contribution is 0.211. The molecule has 0 radical (unpaired) electrons. The molecule has 0 bridgehead atoms. The maximum absolute atomic E-state index is 9.31. The van der Waals surface area contributed by atoms with E-state index in [9.17, 15) is 5.11 Å². The van der Waals surface area contributed by atoms with Gasteiger partial charge in [0.15, 0.2) is 0 Å². The smallest absolute Gasteiger partial charge is 0.138 e. The van der Waals surface area contributed by atoms with Gasteiger partial charge in [-0.1, -0.05) is 11.6 Å². The lowest BCUT2D eigenvalue weighted by Crippen LogP contribution is -2.20. The van der Waals surface area contributed by atoms with Crippen LogP contribution in [0, 0.1) is 0 Å². The number of aliphatic hydroxyl groups is 1. The molecule has 0 aliphatic carbocycles. The zero-order valence-electron chi connectivity index (χ0n) is 9.91. The van der Waals surface area contributed by atoms with Crippen LogP contribution in [-0.4, -0.2) is 29.7 Å². The van der Waals surface area contributed by atoms with Gasteiger partial charge in [-0.15, -0.1) is 11.6 Å². The number of alkyl halides is 1. The second kappa shape index (κ2) is 6.94. The lowest BCUT2D eigenvalue weighted by atomic mass is 10.3. The zero-order chi connectivity index (χ0) is 12.8. The number of nitrogens with one attached hydrogen (secondary N) is 1. The molecule has 0 fully saturated rings. The Morgan fingerprint density at radius 3 is 2.65 bits per heavy atom. The van der Waals surface area contributed by atoms with Crippen molar-refractivity contribution < 1.29 is 9.84 Å². The molecular formula is C12H17Cl2NO2. The van der Waals surface area contributed by atoms with Crippen LogP contribution in [0.4, 0.5) is 5.69 Å². The Bertz CT molecular complexity index is 358. The van der Waals surface area contributed by atoms with Crippen LogP contribution in [0.2, 0.25) is 5.02 Å². The van der Waals surface area contributed by atoms with Gasteiger partial charge in [-0.05, 0) is 32.0 Å². The van der Waals surface area contributed by atoms with Gasteiger partial charge in [-0.3, -0.25) is 0 Å². The van der Waals surface area contributed by atoms with Crippen molar-refractivity contribution in [3.05, 3.63) is 23.2 Å². The first-order valence-electron chi connectivity index (χ1n) is 5.47. The van der Waals surface area contributed by atoms with E-state index in [0.717, 1.165) is 5.69 Å². The largest absolute Gasteiger partial charge is 0.489 e. The number of hydrogen-bond donors (Lipinski definition) is 2. The Labute approximate surface area is 112 Å². The molecule has 1 atom stereocenters. The third-order valence-electron chi connectivity index (χ3n) is 2.01. The highest BCUT2D eigenvalue weighted by atomic mass is 35.5. The average molecular weight is 278 g/mol. The number of halogens is 2. The van der Waals surface area contributed by atoms with E-state index < -0.39 is 6.10 Å². The van der Waals surface area contributed by atoms with Gasteiger partial charge in [0.1, 0.15) is 5.75 Å². The Morgan fingerprint density at radius 1 is 1.41 bits per heavy atom. The highest BCUT2D eigenvalue weighted by Gasteiger charge is 2.06. The highest BCUT2D eigenvalue weighted by Crippen LogP contribution is 2.28. The zero-order valence-corrected chi connectivity index (χ0v) is 11.4. The van der Waals surface area contributed by atoms with E-state index in [1.165, 1.54) is 0 Å². The van der Waals surface area contributed by atoms with E-state index in [4.69, 9.17) is 27.9 Å². The third kappa shape index (κ3) is 5.02. The third-order valence-corrected chi connectivity index (χ3v) is 2.67. The molecule has 1 rings (SSSR count). The molecule has 0 aliphatic rings. The van der Waals surface area contributed by atoms with Crippen molar-refractivity contribution in [3.63, 3.8) is 0 Å². The molecule has 0 aromatic heterocycles. The molecule has 0 saturated carbocycles. The van der Waals surface area contributed by atoms with Crippen LogP contribution in [0.25, 0.3) is 0 Å². The maximum Gasteiger partial charge on any atom is 0.138 e. The molecule has 1 aromatic carbocycles. The highest BCUT2D eigenvalue weighted by molar-refractivity contribution is 6.32. The molecule has 0 amide bonds. The summed E-state index contributed by atoms with van der Waals surface area (Å²) >= 11 is 11.6. The summed E-state index contributed by atoms with van der Waals surface area (Å²) < 4.78 is 5.52. The van der Waals surface area contributed by atoms with Gasteiger partial charge in [0, 0.05) is 12.2 Å². The van der Waals surface area contributed by atoms with Crippen LogP contribution in [-0.2, 0) is 0 Å². The normalized spacial score (nSPS) is 12.6. The molecule has 0 aliphatic heterocycles. The van der Waals surface area contributed by atoms with Gasteiger partial charge in [0.25, 0.3) is 0 Å². The predicted octanol–water partition coefficient (Wildman–Crippen LogP) is 3.14. The molecule has 1 unspecified atom stereocenters. The first kappa shape index (κ1) is 14.4. The maximum atomic E-state index is 9.31. The molecular weight excluding hydrogens is 261 g/mol. The SMILES string of the molecule is CC(C)Oc1ccc(NCC(O)CCl)cc1Cl. The van der Waals surface area contributed by atoms with Crippen molar-refractivity contribution in [1.82, 2.24) is 0 Å². The Hall–Kier alpha value is -0.640. The summed E-state index contributed by atoms with van der Waals surface area (Å²) in [6.07, 6.45) is -0.480. The van der Waals surface area contributed by atoms with E-state index in [1.807, 2.05) is 19.9 Å². The number of hydrogen-bond acceptors (Lipinski definition) is 3. The van der Waals surface area contributed by atoms with E-state index in [2.05, 4.69) is 5.32 Å². The topological polar surface area (TPSA) is 41.5 Å². The van der Waals surface area contributed by atoms with E-state index in [1.54, 1.807) is 12.1 Å². The summed E-state index contributed by atoms with van der Waals surface area (Å²) in [6, 6.07) is 5.42. The van der Waals surface area contributed by atoms with Gasteiger partial charge in [-0.2, -0.15) is 0 Å². The van der Waals surface area contributed by atoms with E-state index in [-0.39, 0.29) is 12.0 Å². The number of rotatable bonds is 6. The Kier molecular flexibility index (Phi) is 5.89. The Morgan fingerprint density at radius 2 is 2.12 bits per heavy atom. The molecule has 0 saturated heterocycles. The molecule has 3 nitrogen and oxygen atoms in total. The number of aliphatic hydroxyl groups excluding tert-OH is 1. The van der Waals surface area contributed by atoms with Crippen molar-refractivity contribution >= 4 is 28.9 Å². The monoisotopic (exact) mass is 277 g/mol. The molecule has 96 valence electrons. The van der Waals surface area contributed by atoms with Crippen LogP contribution < -0.4 is 10.1 Å². The quantitative estimate of drug-likeness (QED) is 0.785. The van der Waals surface area contributed by atoms with Crippen molar-refractivity contribution in [3.8, 4) is 5.75 Å². The van der Waals surface area contributed by atoms with Crippen molar-refractivity contribution in [2.24, 2.45) is 0 Å². The molecule has 2 N–H and O–H groups in total. The molecule has 17 heavy (non-hydrogen) atoms. The van der Waals surface area contributed by atoms with Gasteiger partial charge < -0.3 is 15.2 Å². The van der Waals surface area contributed by atoms with Gasteiger partial charge in [0.2, 0.25) is 0 Å². The second-order valence-corrected chi connectivity index (χ2v) is 4.72.